The summed E-state index contributed by atoms with van der Waals surface area (Å²) < 4.78 is 4.88. The second-order valence-corrected chi connectivity index (χ2v) is 5.27. The Labute approximate surface area is 133 Å². The van der Waals surface area contributed by atoms with Crippen molar-refractivity contribution in [3.63, 3.8) is 0 Å². The summed E-state index contributed by atoms with van der Waals surface area (Å²) in [6.45, 7) is 4.22. The van der Waals surface area contributed by atoms with Gasteiger partial charge < -0.3 is 9.64 Å². The highest BCUT2D eigenvalue weighted by atomic mass is 35.5. The van der Waals surface area contributed by atoms with Gasteiger partial charge in [-0.25, -0.2) is 9.97 Å². The van der Waals surface area contributed by atoms with E-state index < -0.39 is 11.9 Å². The molecule has 0 N–H and O–H groups in total. The smallest absolute Gasteiger partial charge is 0.325 e. The Morgan fingerprint density at radius 2 is 2.14 bits per heavy atom. The Morgan fingerprint density at radius 1 is 1.43 bits per heavy atom. The lowest BCUT2D eigenvalue weighted by Crippen LogP contribution is -2.37. The molecule has 1 aromatic heterocycles. The highest BCUT2D eigenvalue weighted by Crippen LogP contribution is 2.18. The number of hydrogen-bond donors (Lipinski definition) is 0. The number of amides is 1. The molecule has 6 nitrogen and oxygen atoms in total. The van der Waals surface area contributed by atoms with Crippen LogP contribution in [0.4, 0.5) is 0 Å². The number of thioether (sulfide) groups is 1. The minimum absolute atomic E-state index is 0.105. The quantitative estimate of drug-likeness (QED) is 0.433. The molecule has 0 spiro atoms. The molecule has 0 fully saturated rings. The maximum atomic E-state index is 12.5. The lowest BCUT2D eigenvalue weighted by Gasteiger charge is -2.21. The molecule has 0 aromatic carbocycles. The van der Waals surface area contributed by atoms with E-state index >= 15 is 0 Å². The number of carbonyl (C=O) groups is 2. The van der Waals surface area contributed by atoms with Gasteiger partial charge in [-0.3, -0.25) is 9.59 Å². The second-order valence-electron chi connectivity index (χ2n) is 4.08. The molecule has 1 amide bonds. The van der Waals surface area contributed by atoms with Gasteiger partial charge in [0.2, 0.25) is 0 Å². The third kappa shape index (κ3) is 5.17. The predicted octanol–water partition coefficient (Wildman–Crippen LogP) is 2.27. The van der Waals surface area contributed by atoms with Crippen LogP contribution in [-0.2, 0) is 9.53 Å². The molecular formula is C13H18ClN3O3S. The number of halogens is 1. The zero-order valence-electron chi connectivity index (χ0n) is 12.3. The average Bonchev–Trinajstić information content (AvgIpc) is 2.47. The van der Waals surface area contributed by atoms with Crippen molar-refractivity contribution in [3.8, 4) is 0 Å². The molecule has 116 valence electrons. The maximum absolute atomic E-state index is 12.5. The van der Waals surface area contributed by atoms with Crippen molar-refractivity contribution in [2.75, 3.05) is 26.0 Å². The molecule has 8 heteroatoms. The molecule has 0 unspecified atom stereocenters. The van der Waals surface area contributed by atoms with Crippen molar-refractivity contribution in [1.29, 1.82) is 0 Å². The number of carbonyl (C=O) groups excluding carboxylic acids is 2. The number of esters is 1. The van der Waals surface area contributed by atoms with Crippen LogP contribution in [0.15, 0.2) is 11.4 Å². The highest BCUT2D eigenvalue weighted by molar-refractivity contribution is 7.98. The fourth-order valence-corrected chi connectivity index (χ4v) is 2.15. The van der Waals surface area contributed by atoms with E-state index in [1.54, 1.807) is 13.2 Å². The zero-order chi connectivity index (χ0) is 15.8. The molecule has 0 bridgehead atoms. The largest absolute Gasteiger partial charge is 0.465 e. The second kappa shape index (κ2) is 8.84. The molecule has 0 saturated carbocycles. The van der Waals surface area contributed by atoms with Crippen LogP contribution in [0.1, 0.15) is 30.8 Å². The van der Waals surface area contributed by atoms with E-state index in [9.17, 15) is 9.59 Å². The summed E-state index contributed by atoms with van der Waals surface area (Å²) in [6, 6.07) is 0. The van der Waals surface area contributed by atoms with E-state index in [1.165, 1.54) is 22.9 Å². The SMILES string of the molecule is CCCN(CC(=O)OCC)C(=O)c1nc(SC)ncc1Cl. The molecule has 1 heterocycles. The Balaban J connectivity index is 2.97. The molecule has 0 radical (unpaired) electrons. The monoisotopic (exact) mass is 331 g/mol. The summed E-state index contributed by atoms with van der Waals surface area (Å²) in [6.07, 6.45) is 3.91. The van der Waals surface area contributed by atoms with Crippen LogP contribution in [0.25, 0.3) is 0 Å². The summed E-state index contributed by atoms with van der Waals surface area (Å²) >= 11 is 7.31. The lowest BCUT2D eigenvalue weighted by atomic mass is 10.3. The van der Waals surface area contributed by atoms with Crippen molar-refractivity contribution < 1.29 is 14.3 Å². The fraction of sp³-hybridized carbons (Fsp3) is 0.538. The van der Waals surface area contributed by atoms with E-state index in [2.05, 4.69) is 9.97 Å². The number of ether oxygens (including phenoxy) is 1. The highest BCUT2D eigenvalue weighted by Gasteiger charge is 2.23. The first-order chi connectivity index (χ1) is 10.0. The van der Waals surface area contributed by atoms with Crippen LogP contribution in [0.2, 0.25) is 5.02 Å². The first-order valence-electron chi connectivity index (χ1n) is 6.54. The summed E-state index contributed by atoms with van der Waals surface area (Å²) in [7, 11) is 0. The number of nitrogens with zero attached hydrogens (tertiary/aromatic N) is 3. The van der Waals surface area contributed by atoms with Gasteiger partial charge in [-0.2, -0.15) is 0 Å². The third-order valence-corrected chi connectivity index (χ3v) is 3.35. The van der Waals surface area contributed by atoms with Crippen molar-refractivity contribution in [3.05, 3.63) is 16.9 Å². The van der Waals surface area contributed by atoms with Crippen LogP contribution < -0.4 is 0 Å². The van der Waals surface area contributed by atoms with Gasteiger partial charge in [0, 0.05) is 6.54 Å². The first kappa shape index (κ1) is 17.7. The Hall–Kier alpha value is -1.34. The van der Waals surface area contributed by atoms with Gasteiger partial charge in [0.25, 0.3) is 5.91 Å². The van der Waals surface area contributed by atoms with Crippen LogP contribution in [0.5, 0.6) is 0 Å². The Kier molecular flexibility index (Phi) is 7.45. The first-order valence-corrected chi connectivity index (χ1v) is 8.15. The minimum Gasteiger partial charge on any atom is -0.465 e. The summed E-state index contributed by atoms with van der Waals surface area (Å²) in [5.74, 6) is -0.845. The van der Waals surface area contributed by atoms with Gasteiger partial charge >= 0.3 is 5.97 Å². The molecule has 1 aromatic rings. The Bertz CT molecular complexity index is 513. The van der Waals surface area contributed by atoms with Crippen LogP contribution in [0, 0.1) is 0 Å². The zero-order valence-corrected chi connectivity index (χ0v) is 13.8. The minimum atomic E-state index is -0.449. The molecule has 0 aliphatic carbocycles. The lowest BCUT2D eigenvalue weighted by molar-refractivity contribution is -0.143. The molecule has 1 rings (SSSR count). The number of rotatable bonds is 7. The van der Waals surface area contributed by atoms with Gasteiger partial charge in [0.05, 0.1) is 17.8 Å². The fourth-order valence-electron chi connectivity index (χ4n) is 1.63. The standard InChI is InChI=1S/C13H18ClN3O3S/c1-4-6-17(8-10(18)20-5-2)12(19)11-9(14)7-15-13(16-11)21-3/h7H,4-6,8H2,1-3H3. The van der Waals surface area contributed by atoms with Crippen molar-refractivity contribution >= 4 is 35.2 Å². The van der Waals surface area contributed by atoms with Crippen LogP contribution >= 0.6 is 23.4 Å². The molecule has 0 aliphatic rings. The van der Waals surface area contributed by atoms with Crippen molar-refractivity contribution in [2.24, 2.45) is 0 Å². The summed E-state index contributed by atoms with van der Waals surface area (Å²) in [5.41, 5.74) is 0.105. The van der Waals surface area contributed by atoms with Gasteiger partial charge in [-0.05, 0) is 19.6 Å². The van der Waals surface area contributed by atoms with Crippen LogP contribution in [-0.4, -0.2) is 52.7 Å². The summed E-state index contributed by atoms with van der Waals surface area (Å²) in [4.78, 5) is 33.6. The molecule has 21 heavy (non-hydrogen) atoms. The van der Waals surface area contributed by atoms with E-state index in [4.69, 9.17) is 16.3 Å². The van der Waals surface area contributed by atoms with Crippen molar-refractivity contribution in [2.45, 2.75) is 25.4 Å². The number of hydrogen-bond acceptors (Lipinski definition) is 6. The van der Waals surface area contributed by atoms with Gasteiger partial charge in [-0.15, -0.1) is 0 Å². The average molecular weight is 332 g/mol. The number of aromatic nitrogens is 2. The summed E-state index contributed by atoms with van der Waals surface area (Å²) in [5, 5.41) is 0.623. The van der Waals surface area contributed by atoms with Gasteiger partial charge in [-0.1, -0.05) is 30.3 Å². The van der Waals surface area contributed by atoms with E-state index in [-0.39, 0.29) is 23.9 Å². The molecule has 0 aliphatic heterocycles. The molecule has 0 saturated heterocycles. The van der Waals surface area contributed by atoms with Crippen LogP contribution in [0.3, 0.4) is 0 Å². The van der Waals surface area contributed by atoms with E-state index in [0.717, 1.165) is 0 Å². The van der Waals surface area contributed by atoms with Gasteiger partial charge in [0.1, 0.15) is 6.54 Å². The third-order valence-electron chi connectivity index (χ3n) is 2.51. The van der Waals surface area contributed by atoms with E-state index in [1.807, 2.05) is 6.92 Å². The molecular weight excluding hydrogens is 314 g/mol. The molecule has 0 atom stereocenters. The van der Waals surface area contributed by atoms with Crippen molar-refractivity contribution in [1.82, 2.24) is 14.9 Å². The topological polar surface area (TPSA) is 72.4 Å². The maximum Gasteiger partial charge on any atom is 0.325 e. The normalized spacial score (nSPS) is 10.3. The van der Waals surface area contributed by atoms with E-state index in [0.29, 0.717) is 18.1 Å². The van der Waals surface area contributed by atoms with Gasteiger partial charge in [0.15, 0.2) is 10.9 Å². The Morgan fingerprint density at radius 3 is 2.71 bits per heavy atom. The predicted molar refractivity (Wildman–Crippen MR) is 81.7 cm³/mol.